The third-order valence-electron chi connectivity index (χ3n) is 4.30. The molecule has 2 heterocycles. The van der Waals surface area contributed by atoms with Crippen LogP contribution in [0.2, 0.25) is 5.02 Å². The van der Waals surface area contributed by atoms with E-state index in [-0.39, 0.29) is 12.2 Å². The zero-order valence-electron chi connectivity index (χ0n) is 14.8. The highest BCUT2D eigenvalue weighted by Crippen LogP contribution is 2.38. The highest BCUT2D eigenvalue weighted by Gasteiger charge is 2.30. The molecule has 0 bridgehead atoms. The fourth-order valence-electron chi connectivity index (χ4n) is 3.18. The summed E-state index contributed by atoms with van der Waals surface area (Å²) in [5.41, 5.74) is 0.698. The summed E-state index contributed by atoms with van der Waals surface area (Å²) in [5, 5.41) is 0.723. The minimum atomic E-state index is -0.452. The Morgan fingerprint density at radius 3 is 2.64 bits per heavy atom. The maximum Gasteiger partial charge on any atom is 0.410 e. The number of ether oxygens (including phenoxy) is 2. The molecule has 0 aliphatic carbocycles. The van der Waals surface area contributed by atoms with Gasteiger partial charge >= 0.3 is 6.09 Å². The number of carbonyl (C=O) groups excluding carboxylic acids is 1. The van der Waals surface area contributed by atoms with Crippen molar-refractivity contribution in [1.82, 2.24) is 9.80 Å². The van der Waals surface area contributed by atoms with Crippen molar-refractivity contribution < 1.29 is 14.3 Å². The molecule has 1 amide bonds. The summed E-state index contributed by atoms with van der Waals surface area (Å²) in [6, 6.07) is 3.84. The van der Waals surface area contributed by atoms with Gasteiger partial charge in [0.05, 0.1) is 4.47 Å². The van der Waals surface area contributed by atoms with Crippen LogP contribution in [0.25, 0.3) is 0 Å². The second-order valence-corrected chi connectivity index (χ2v) is 8.88. The van der Waals surface area contributed by atoms with Crippen molar-refractivity contribution in [3.05, 3.63) is 27.2 Å². The molecule has 1 atom stereocenters. The van der Waals surface area contributed by atoms with Gasteiger partial charge in [-0.3, -0.25) is 4.90 Å². The third kappa shape index (κ3) is 4.80. The van der Waals surface area contributed by atoms with E-state index in [1.54, 1.807) is 4.90 Å². The molecule has 7 heteroatoms. The molecule has 2 aliphatic rings. The Labute approximate surface area is 162 Å². The summed E-state index contributed by atoms with van der Waals surface area (Å²) in [4.78, 5) is 16.2. The first-order valence-corrected chi connectivity index (χ1v) is 9.73. The number of halogens is 2. The van der Waals surface area contributed by atoms with Crippen LogP contribution >= 0.6 is 27.5 Å². The lowest BCUT2D eigenvalue weighted by Gasteiger charge is -2.36. The molecule has 1 fully saturated rings. The molecule has 2 aliphatic heterocycles. The largest absolute Gasteiger partial charge is 0.487 e. The van der Waals surface area contributed by atoms with Gasteiger partial charge in [0.15, 0.2) is 0 Å². The van der Waals surface area contributed by atoms with Gasteiger partial charge < -0.3 is 14.4 Å². The van der Waals surface area contributed by atoms with Crippen LogP contribution in [-0.4, -0.2) is 60.3 Å². The average Bonchev–Trinajstić information content (AvgIpc) is 2.89. The second kappa shape index (κ2) is 7.33. The molecule has 1 aromatic carbocycles. The molecule has 3 rings (SSSR count). The van der Waals surface area contributed by atoms with Crippen LogP contribution in [0.1, 0.15) is 26.3 Å². The first-order valence-electron chi connectivity index (χ1n) is 8.56. The van der Waals surface area contributed by atoms with E-state index in [0.717, 1.165) is 46.9 Å². The lowest BCUT2D eigenvalue weighted by molar-refractivity contribution is 0.0118. The minimum Gasteiger partial charge on any atom is -0.487 e. The van der Waals surface area contributed by atoms with Gasteiger partial charge in [-0.15, -0.1) is 0 Å². The van der Waals surface area contributed by atoms with Crippen LogP contribution < -0.4 is 4.74 Å². The Kier molecular flexibility index (Phi) is 5.51. The van der Waals surface area contributed by atoms with Crippen molar-refractivity contribution in [1.29, 1.82) is 0 Å². The van der Waals surface area contributed by atoms with Crippen molar-refractivity contribution in [2.75, 3.05) is 32.7 Å². The highest BCUT2D eigenvalue weighted by molar-refractivity contribution is 9.10. The first kappa shape index (κ1) is 18.8. The van der Waals surface area contributed by atoms with Gasteiger partial charge in [0.1, 0.15) is 17.5 Å². The predicted molar refractivity (Wildman–Crippen MR) is 102 cm³/mol. The highest BCUT2D eigenvalue weighted by atomic mass is 79.9. The van der Waals surface area contributed by atoms with Gasteiger partial charge in [0.25, 0.3) is 0 Å². The molecule has 1 saturated heterocycles. The van der Waals surface area contributed by atoms with Gasteiger partial charge in [-0.1, -0.05) is 11.6 Å². The molecule has 0 radical (unpaired) electrons. The first-order chi connectivity index (χ1) is 11.7. The summed E-state index contributed by atoms with van der Waals surface area (Å²) < 4.78 is 12.4. The van der Waals surface area contributed by atoms with Gasteiger partial charge in [-0.25, -0.2) is 4.79 Å². The molecule has 0 spiro atoms. The number of fused-ring (bicyclic) bond motifs is 1. The molecule has 0 saturated carbocycles. The zero-order valence-corrected chi connectivity index (χ0v) is 17.2. The molecule has 25 heavy (non-hydrogen) atoms. The van der Waals surface area contributed by atoms with Crippen LogP contribution in [-0.2, 0) is 11.2 Å². The molecule has 1 aromatic rings. The number of benzene rings is 1. The Balaban J connectivity index is 1.49. The van der Waals surface area contributed by atoms with Gasteiger partial charge in [-0.05, 0) is 48.8 Å². The fourth-order valence-corrected chi connectivity index (χ4v) is 4.15. The van der Waals surface area contributed by atoms with Crippen LogP contribution in [0.15, 0.2) is 16.6 Å². The van der Waals surface area contributed by atoms with E-state index in [1.807, 2.05) is 32.9 Å². The Hall–Kier alpha value is -0.980. The SMILES string of the molecule is CC(C)(C)OC(=O)N1CCN(CC2Cc3cc(Cl)cc(Br)c3O2)CC1. The number of nitrogens with zero attached hydrogens (tertiary/aromatic N) is 2. The van der Waals surface area contributed by atoms with E-state index in [4.69, 9.17) is 21.1 Å². The Bertz CT molecular complexity index is 654. The Morgan fingerprint density at radius 2 is 2.00 bits per heavy atom. The Morgan fingerprint density at radius 1 is 1.32 bits per heavy atom. The molecule has 138 valence electrons. The second-order valence-electron chi connectivity index (χ2n) is 7.59. The monoisotopic (exact) mass is 430 g/mol. The van der Waals surface area contributed by atoms with E-state index < -0.39 is 5.60 Å². The average molecular weight is 432 g/mol. The molecule has 1 unspecified atom stereocenters. The normalized spacial score (nSPS) is 21.0. The topological polar surface area (TPSA) is 42.0 Å². The van der Waals surface area contributed by atoms with Crippen LogP contribution in [0.3, 0.4) is 0 Å². The number of amides is 1. The molecule has 0 aromatic heterocycles. The third-order valence-corrected chi connectivity index (χ3v) is 5.11. The van der Waals surface area contributed by atoms with Crippen molar-refractivity contribution in [2.45, 2.75) is 38.9 Å². The maximum atomic E-state index is 12.1. The summed E-state index contributed by atoms with van der Waals surface area (Å²) in [7, 11) is 0. The quantitative estimate of drug-likeness (QED) is 0.711. The van der Waals surface area contributed by atoms with Crippen molar-refractivity contribution in [3.8, 4) is 5.75 Å². The lowest BCUT2D eigenvalue weighted by Crippen LogP contribution is -2.51. The minimum absolute atomic E-state index is 0.123. The number of piperazine rings is 1. The number of hydrogen-bond donors (Lipinski definition) is 0. The van der Waals surface area contributed by atoms with Crippen LogP contribution in [0, 0.1) is 0 Å². The van der Waals surface area contributed by atoms with Gasteiger partial charge in [-0.2, -0.15) is 0 Å². The van der Waals surface area contributed by atoms with Gasteiger partial charge in [0.2, 0.25) is 0 Å². The summed E-state index contributed by atoms with van der Waals surface area (Å²) >= 11 is 9.63. The molecular formula is C18H24BrClN2O3. The summed E-state index contributed by atoms with van der Waals surface area (Å²) in [5.74, 6) is 0.904. The van der Waals surface area contributed by atoms with E-state index in [9.17, 15) is 4.79 Å². The standard InChI is InChI=1S/C18H24BrClN2O3/c1-18(2,3)25-17(23)22-6-4-21(5-7-22)11-14-9-12-8-13(20)10-15(19)16(12)24-14/h8,10,14H,4-7,9,11H2,1-3H3. The van der Waals surface area contributed by atoms with E-state index in [1.165, 1.54) is 0 Å². The smallest absolute Gasteiger partial charge is 0.410 e. The number of carbonyl (C=O) groups is 1. The molecule has 0 N–H and O–H groups in total. The van der Waals surface area contributed by atoms with Crippen LogP contribution in [0.4, 0.5) is 4.79 Å². The number of hydrogen-bond acceptors (Lipinski definition) is 4. The maximum absolute atomic E-state index is 12.1. The van der Waals surface area contributed by atoms with E-state index in [0.29, 0.717) is 13.1 Å². The van der Waals surface area contributed by atoms with Crippen LogP contribution in [0.5, 0.6) is 5.75 Å². The fraction of sp³-hybridized carbons (Fsp3) is 0.611. The molecular weight excluding hydrogens is 408 g/mol. The molecule has 5 nitrogen and oxygen atoms in total. The van der Waals surface area contributed by atoms with Crippen molar-refractivity contribution in [3.63, 3.8) is 0 Å². The van der Waals surface area contributed by atoms with Crippen molar-refractivity contribution >= 4 is 33.6 Å². The zero-order chi connectivity index (χ0) is 18.2. The lowest BCUT2D eigenvalue weighted by atomic mass is 10.1. The van der Waals surface area contributed by atoms with E-state index >= 15 is 0 Å². The summed E-state index contributed by atoms with van der Waals surface area (Å²) in [6.45, 7) is 9.55. The predicted octanol–water partition coefficient (Wildman–Crippen LogP) is 3.96. The summed E-state index contributed by atoms with van der Waals surface area (Å²) in [6.07, 6.45) is 0.758. The van der Waals surface area contributed by atoms with Gasteiger partial charge in [0, 0.05) is 49.7 Å². The van der Waals surface area contributed by atoms with Crippen molar-refractivity contribution in [2.24, 2.45) is 0 Å². The number of rotatable bonds is 2. The van der Waals surface area contributed by atoms with E-state index in [2.05, 4.69) is 20.8 Å².